The number of likely N-dealkylation sites (tertiary alicyclic amines) is 1. The summed E-state index contributed by atoms with van der Waals surface area (Å²) in [5, 5.41) is 3.52. The molecular weight excluding hydrogens is 198 g/mol. The van der Waals surface area contributed by atoms with Gasteiger partial charge in [-0.25, -0.2) is 0 Å². The predicted molar refractivity (Wildman–Crippen MR) is 66.5 cm³/mol. The third kappa shape index (κ3) is 3.29. The lowest BCUT2D eigenvalue weighted by Crippen LogP contribution is -2.32. The van der Waals surface area contributed by atoms with Gasteiger partial charge in [0.1, 0.15) is 0 Å². The van der Waals surface area contributed by atoms with Crippen molar-refractivity contribution in [2.75, 3.05) is 26.2 Å². The fourth-order valence-corrected chi connectivity index (χ4v) is 2.32. The van der Waals surface area contributed by atoms with E-state index >= 15 is 0 Å². The van der Waals surface area contributed by atoms with Gasteiger partial charge in [-0.3, -0.25) is 4.98 Å². The van der Waals surface area contributed by atoms with Crippen LogP contribution < -0.4 is 5.32 Å². The third-order valence-corrected chi connectivity index (χ3v) is 3.20. The lowest BCUT2D eigenvalue weighted by molar-refractivity contribution is 0.332. The van der Waals surface area contributed by atoms with E-state index in [-0.39, 0.29) is 0 Å². The van der Waals surface area contributed by atoms with Gasteiger partial charge in [0.25, 0.3) is 0 Å². The molecule has 0 saturated carbocycles. The second kappa shape index (κ2) is 5.97. The molecule has 0 bridgehead atoms. The van der Waals surface area contributed by atoms with Gasteiger partial charge in [-0.05, 0) is 37.6 Å². The zero-order valence-electron chi connectivity index (χ0n) is 10.0. The molecule has 16 heavy (non-hydrogen) atoms. The molecule has 0 radical (unpaired) electrons. The largest absolute Gasteiger partial charge is 0.313 e. The summed E-state index contributed by atoms with van der Waals surface area (Å²) >= 11 is 0. The quantitative estimate of drug-likeness (QED) is 0.809. The van der Waals surface area contributed by atoms with Crippen LogP contribution >= 0.6 is 0 Å². The molecule has 0 spiro atoms. The minimum Gasteiger partial charge on any atom is -0.313 e. The van der Waals surface area contributed by atoms with Crippen molar-refractivity contribution in [3.05, 3.63) is 30.1 Å². The Kier molecular flexibility index (Phi) is 4.31. The highest BCUT2D eigenvalue weighted by atomic mass is 15.2. The average Bonchev–Trinajstić information content (AvgIpc) is 2.76. The predicted octanol–water partition coefficient (Wildman–Crippen LogP) is 1.31. The number of hydrogen-bond acceptors (Lipinski definition) is 3. The van der Waals surface area contributed by atoms with Crippen LogP contribution in [0.3, 0.4) is 0 Å². The van der Waals surface area contributed by atoms with Crippen LogP contribution in [0.15, 0.2) is 24.5 Å². The van der Waals surface area contributed by atoms with Gasteiger partial charge in [0.15, 0.2) is 0 Å². The summed E-state index contributed by atoms with van der Waals surface area (Å²) < 4.78 is 0. The maximum Gasteiger partial charge on any atom is 0.0300 e. The van der Waals surface area contributed by atoms with Crippen molar-refractivity contribution in [2.24, 2.45) is 0 Å². The third-order valence-electron chi connectivity index (χ3n) is 3.20. The molecule has 1 aromatic heterocycles. The van der Waals surface area contributed by atoms with E-state index in [1.807, 2.05) is 18.5 Å². The molecule has 1 fully saturated rings. The molecule has 0 aliphatic carbocycles. The van der Waals surface area contributed by atoms with E-state index in [1.54, 1.807) is 0 Å². The Bertz CT molecular complexity index is 299. The summed E-state index contributed by atoms with van der Waals surface area (Å²) in [6.45, 7) is 6.86. The summed E-state index contributed by atoms with van der Waals surface area (Å²) in [7, 11) is 0. The molecule has 1 aromatic rings. The van der Waals surface area contributed by atoms with Crippen LogP contribution in [0.2, 0.25) is 0 Å². The minimum absolute atomic E-state index is 0.707. The Labute approximate surface area is 97.9 Å². The number of nitrogens with zero attached hydrogens (tertiary/aromatic N) is 2. The normalized spacial score (nSPS) is 21.4. The molecule has 3 heteroatoms. The Morgan fingerprint density at radius 2 is 2.50 bits per heavy atom. The van der Waals surface area contributed by atoms with E-state index in [0.29, 0.717) is 6.04 Å². The second-order valence-electron chi connectivity index (χ2n) is 4.46. The first-order valence-electron chi connectivity index (χ1n) is 6.23. The number of aromatic nitrogens is 1. The van der Waals surface area contributed by atoms with E-state index in [9.17, 15) is 0 Å². The summed E-state index contributed by atoms with van der Waals surface area (Å²) in [5.41, 5.74) is 1.34. The molecule has 0 aromatic carbocycles. The monoisotopic (exact) mass is 219 g/mol. The molecule has 3 nitrogen and oxygen atoms in total. The summed E-state index contributed by atoms with van der Waals surface area (Å²) in [5.74, 6) is 0. The summed E-state index contributed by atoms with van der Waals surface area (Å²) in [6, 6.07) is 4.88. The van der Waals surface area contributed by atoms with Crippen LogP contribution in [0.1, 0.15) is 18.9 Å². The number of rotatable bonds is 5. The average molecular weight is 219 g/mol. The van der Waals surface area contributed by atoms with Crippen LogP contribution in [0, 0.1) is 0 Å². The Hall–Kier alpha value is -0.930. The van der Waals surface area contributed by atoms with E-state index < -0.39 is 0 Å². The van der Waals surface area contributed by atoms with Gasteiger partial charge in [0.2, 0.25) is 0 Å². The van der Waals surface area contributed by atoms with Gasteiger partial charge >= 0.3 is 0 Å². The van der Waals surface area contributed by atoms with Crippen LogP contribution in [-0.2, 0) is 6.42 Å². The zero-order chi connectivity index (χ0) is 11.2. The minimum atomic E-state index is 0.707. The van der Waals surface area contributed by atoms with Gasteiger partial charge in [0.05, 0.1) is 0 Å². The van der Waals surface area contributed by atoms with Gasteiger partial charge in [0, 0.05) is 31.5 Å². The van der Waals surface area contributed by atoms with Crippen LogP contribution in [0.25, 0.3) is 0 Å². The smallest absolute Gasteiger partial charge is 0.0300 e. The molecule has 88 valence electrons. The molecule has 1 atom stereocenters. The molecule has 1 saturated heterocycles. The Balaban J connectivity index is 1.72. The van der Waals surface area contributed by atoms with Crippen LogP contribution in [0.4, 0.5) is 0 Å². The highest BCUT2D eigenvalue weighted by Crippen LogP contribution is 2.10. The lowest BCUT2D eigenvalue weighted by atomic mass is 10.2. The number of nitrogens with one attached hydrogen (secondary N) is 1. The van der Waals surface area contributed by atoms with E-state index in [4.69, 9.17) is 0 Å². The van der Waals surface area contributed by atoms with Crippen LogP contribution in [0.5, 0.6) is 0 Å². The molecule has 2 rings (SSSR count). The molecule has 2 heterocycles. The van der Waals surface area contributed by atoms with E-state index in [0.717, 1.165) is 19.5 Å². The summed E-state index contributed by atoms with van der Waals surface area (Å²) in [4.78, 5) is 6.69. The first kappa shape index (κ1) is 11.6. The van der Waals surface area contributed by atoms with Gasteiger partial charge in [-0.15, -0.1) is 0 Å². The SMILES string of the molecule is CCNC1CCN(CCc2cccnc2)C1. The van der Waals surface area contributed by atoms with Crippen molar-refractivity contribution in [1.82, 2.24) is 15.2 Å². The zero-order valence-corrected chi connectivity index (χ0v) is 10.0. The number of pyridine rings is 1. The highest BCUT2D eigenvalue weighted by molar-refractivity contribution is 5.08. The fraction of sp³-hybridized carbons (Fsp3) is 0.615. The topological polar surface area (TPSA) is 28.2 Å². The number of hydrogen-bond donors (Lipinski definition) is 1. The van der Waals surface area contributed by atoms with Crippen molar-refractivity contribution in [3.8, 4) is 0 Å². The first-order valence-corrected chi connectivity index (χ1v) is 6.23. The Morgan fingerprint density at radius 3 is 3.25 bits per heavy atom. The van der Waals surface area contributed by atoms with Crippen molar-refractivity contribution in [1.29, 1.82) is 0 Å². The highest BCUT2D eigenvalue weighted by Gasteiger charge is 2.20. The van der Waals surface area contributed by atoms with E-state index in [2.05, 4.69) is 28.2 Å². The maximum atomic E-state index is 4.14. The molecule has 0 amide bonds. The standard InChI is InChI=1S/C13H21N3/c1-2-15-13-6-9-16(11-13)8-5-12-4-3-7-14-10-12/h3-4,7,10,13,15H,2,5-6,8-9,11H2,1H3. The maximum absolute atomic E-state index is 4.14. The van der Waals surface area contributed by atoms with Gasteiger partial charge < -0.3 is 10.2 Å². The van der Waals surface area contributed by atoms with Gasteiger partial charge in [-0.1, -0.05) is 13.0 Å². The molecule has 1 N–H and O–H groups in total. The molecule has 1 aliphatic rings. The van der Waals surface area contributed by atoms with Crippen molar-refractivity contribution < 1.29 is 0 Å². The molecule has 1 aliphatic heterocycles. The van der Waals surface area contributed by atoms with Gasteiger partial charge in [-0.2, -0.15) is 0 Å². The van der Waals surface area contributed by atoms with E-state index in [1.165, 1.54) is 25.1 Å². The molecule has 1 unspecified atom stereocenters. The molecular formula is C13H21N3. The first-order chi connectivity index (χ1) is 7.88. The Morgan fingerprint density at radius 1 is 1.56 bits per heavy atom. The van der Waals surface area contributed by atoms with Crippen molar-refractivity contribution in [3.63, 3.8) is 0 Å². The number of likely N-dealkylation sites (N-methyl/N-ethyl adjacent to an activating group) is 1. The van der Waals surface area contributed by atoms with Crippen molar-refractivity contribution in [2.45, 2.75) is 25.8 Å². The summed E-state index contributed by atoms with van der Waals surface area (Å²) in [6.07, 6.45) is 6.21. The van der Waals surface area contributed by atoms with Crippen molar-refractivity contribution >= 4 is 0 Å². The second-order valence-corrected chi connectivity index (χ2v) is 4.46. The fourth-order valence-electron chi connectivity index (χ4n) is 2.32. The van der Waals surface area contributed by atoms with Crippen LogP contribution in [-0.4, -0.2) is 42.1 Å². The lowest BCUT2D eigenvalue weighted by Gasteiger charge is -2.16.